The van der Waals surface area contributed by atoms with Gasteiger partial charge in [0.05, 0.1) is 16.8 Å². The minimum absolute atomic E-state index is 0.530. The van der Waals surface area contributed by atoms with Crippen LogP contribution in [0.25, 0.3) is 55.6 Å². The molecule has 0 saturated carbocycles. The topological polar surface area (TPSA) is 54.0 Å². The molecular weight excluding hydrogens is 897 g/mol. The zero-order chi connectivity index (χ0) is 49.4. The lowest BCUT2D eigenvalue weighted by Crippen LogP contribution is -2.36. The van der Waals surface area contributed by atoms with E-state index in [9.17, 15) is 0 Å². The molecule has 1 atom stereocenters. The Bertz CT molecular complexity index is 3870. The predicted molar refractivity (Wildman–Crippen MR) is 308 cm³/mol. The number of anilines is 3. The average molecular weight is 947 g/mol. The molecule has 0 radical (unpaired) electrons. The fraction of sp³-hybridized carbons (Fsp3) is 0.0286. The highest BCUT2D eigenvalue weighted by Gasteiger charge is 2.51. The molecule has 0 aromatic heterocycles. The number of benzene rings is 11. The first-order valence-corrected chi connectivity index (χ1v) is 25.3. The van der Waals surface area contributed by atoms with Gasteiger partial charge in [-0.2, -0.15) is 0 Å². The van der Waals surface area contributed by atoms with Crippen molar-refractivity contribution in [2.24, 2.45) is 15.7 Å². The van der Waals surface area contributed by atoms with Gasteiger partial charge in [-0.1, -0.05) is 231 Å². The molecule has 11 aromatic rings. The van der Waals surface area contributed by atoms with Crippen molar-refractivity contribution in [3.63, 3.8) is 0 Å². The molecule has 4 heteroatoms. The van der Waals surface area contributed by atoms with Crippen LogP contribution in [0.3, 0.4) is 0 Å². The summed E-state index contributed by atoms with van der Waals surface area (Å²) in [6.45, 7) is 0. The number of aliphatic imine (C=N–C) groups is 2. The van der Waals surface area contributed by atoms with Gasteiger partial charge in [0.2, 0.25) is 0 Å². The summed E-state index contributed by atoms with van der Waals surface area (Å²) in [5.41, 5.74) is 29.3. The number of para-hydroxylation sites is 3. The van der Waals surface area contributed by atoms with Gasteiger partial charge in [0.25, 0.3) is 0 Å². The SMILES string of the molecule is NC(N=C(N=Cc1ccc(-c2ccccc2)cc1)c1cccc(-c2cccc(-c3cccc(-c4ccc5c(c4)C4(c6ccccc6-5)c5ccccc5N(c5ccccc5)c5ccccc54)c3)c2)c1)c1ccccc1. The van der Waals surface area contributed by atoms with E-state index in [0.29, 0.717) is 5.84 Å². The first kappa shape index (κ1) is 44.5. The first-order chi connectivity index (χ1) is 36.6. The van der Waals surface area contributed by atoms with Gasteiger partial charge in [-0.15, -0.1) is 0 Å². The third-order valence-corrected chi connectivity index (χ3v) is 14.8. The number of amidine groups is 1. The van der Waals surface area contributed by atoms with E-state index < -0.39 is 11.6 Å². The summed E-state index contributed by atoms with van der Waals surface area (Å²) in [6, 6.07) is 99.9. The highest BCUT2D eigenvalue weighted by molar-refractivity contribution is 6.06. The maximum absolute atomic E-state index is 6.76. The van der Waals surface area contributed by atoms with Crippen LogP contribution in [0.15, 0.2) is 289 Å². The lowest BCUT2D eigenvalue weighted by molar-refractivity contribution is 0.753. The molecule has 1 aliphatic heterocycles. The normalized spacial score (nSPS) is 13.5. The molecule has 0 amide bonds. The molecule has 1 aliphatic carbocycles. The smallest absolute Gasteiger partial charge is 0.156 e. The third-order valence-electron chi connectivity index (χ3n) is 14.8. The monoisotopic (exact) mass is 946 g/mol. The molecule has 4 nitrogen and oxygen atoms in total. The Kier molecular flexibility index (Phi) is 11.4. The largest absolute Gasteiger partial charge is 0.310 e. The second kappa shape index (κ2) is 18.9. The van der Waals surface area contributed by atoms with E-state index in [1.165, 1.54) is 55.9 Å². The molecule has 0 saturated heterocycles. The standard InChI is InChI=1S/C70H50N4/c71-68(51-21-6-2-7-22-51)73-69(72-47-48-37-39-50(40-38-48)49-19-4-1-5-20-49)58-28-18-27-56(45-58)54-25-16-23-52(43-54)53-24-17-26-55(44-53)57-41-42-61-60-31-10-11-32-62(60)70(65(61)46-57)63-33-12-14-35-66(63)74(59-29-8-3-9-30-59)67-36-15-13-34-64(67)70/h1-47,68H,71H2. The minimum atomic E-state index is -0.589. The molecule has 13 rings (SSSR count). The van der Waals surface area contributed by atoms with E-state index in [1.54, 1.807) is 0 Å². The van der Waals surface area contributed by atoms with E-state index in [2.05, 4.69) is 248 Å². The molecule has 0 fully saturated rings. The Morgan fingerprint density at radius 3 is 1.47 bits per heavy atom. The quantitative estimate of drug-likeness (QED) is 0.116. The average Bonchev–Trinajstić information content (AvgIpc) is 3.94. The van der Waals surface area contributed by atoms with Gasteiger partial charge in [-0.05, 0) is 138 Å². The zero-order valence-electron chi connectivity index (χ0n) is 40.6. The van der Waals surface area contributed by atoms with Crippen molar-refractivity contribution in [1.82, 2.24) is 0 Å². The molecule has 0 bridgehead atoms. The number of nitrogens with two attached hydrogens (primary N) is 1. The molecule has 11 aromatic carbocycles. The molecule has 350 valence electrons. The number of nitrogens with zero attached hydrogens (tertiary/aromatic N) is 3. The number of rotatable bonds is 9. The molecule has 1 heterocycles. The summed E-state index contributed by atoms with van der Waals surface area (Å²) in [5.74, 6) is 0.562. The van der Waals surface area contributed by atoms with Gasteiger partial charge in [-0.25, -0.2) is 9.98 Å². The van der Waals surface area contributed by atoms with E-state index in [1.807, 2.05) is 42.6 Å². The molecule has 2 N–H and O–H groups in total. The highest BCUT2D eigenvalue weighted by Crippen LogP contribution is 2.63. The van der Waals surface area contributed by atoms with Crippen LogP contribution in [-0.2, 0) is 5.41 Å². The van der Waals surface area contributed by atoms with Gasteiger partial charge < -0.3 is 10.6 Å². The molecule has 1 spiro atoms. The summed E-state index contributed by atoms with van der Waals surface area (Å²) in [4.78, 5) is 12.5. The third kappa shape index (κ3) is 7.86. The number of fused-ring (bicyclic) bond motifs is 9. The summed E-state index contributed by atoms with van der Waals surface area (Å²) >= 11 is 0. The number of hydrogen-bond acceptors (Lipinski definition) is 3. The number of hydrogen-bond donors (Lipinski definition) is 1. The Balaban J connectivity index is 0.857. The van der Waals surface area contributed by atoms with Crippen molar-refractivity contribution in [2.45, 2.75) is 11.6 Å². The summed E-state index contributed by atoms with van der Waals surface area (Å²) in [6.07, 6.45) is 1.28. The van der Waals surface area contributed by atoms with Crippen LogP contribution in [0.4, 0.5) is 17.1 Å². The zero-order valence-corrected chi connectivity index (χ0v) is 40.6. The van der Waals surface area contributed by atoms with Gasteiger partial charge in [0.15, 0.2) is 5.84 Å². The van der Waals surface area contributed by atoms with Gasteiger partial charge in [0.1, 0.15) is 6.17 Å². The Morgan fingerprint density at radius 1 is 0.378 bits per heavy atom. The Morgan fingerprint density at radius 2 is 0.838 bits per heavy atom. The molecule has 2 aliphatic rings. The minimum Gasteiger partial charge on any atom is -0.310 e. The van der Waals surface area contributed by atoms with Crippen molar-refractivity contribution in [3.05, 3.63) is 318 Å². The van der Waals surface area contributed by atoms with E-state index in [0.717, 1.165) is 55.8 Å². The summed E-state index contributed by atoms with van der Waals surface area (Å²) < 4.78 is 0. The lowest BCUT2D eigenvalue weighted by Gasteiger charge is -2.45. The predicted octanol–water partition coefficient (Wildman–Crippen LogP) is 17.0. The second-order valence-corrected chi connectivity index (χ2v) is 19.1. The van der Waals surface area contributed by atoms with Crippen molar-refractivity contribution < 1.29 is 0 Å². The summed E-state index contributed by atoms with van der Waals surface area (Å²) in [7, 11) is 0. The first-order valence-electron chi connectivity index (χ1n) is 25.3. The van der Waals surface area contributed by atoms with Crippen LogP contribution in [0, 0.1) is 0 Å². The fourth-order valence-corrected chi connectivity index (χ4v) is 11.3. The van der Waals surface area contributed by atoms with Crippen molar-refractivity contribution in [2.75, 3.05) is 4.90 Å². The molecular formula is C70H50N4. The van der Waals surface area contributed by atoms with Crippen LogP contribution < -0.4 is 10.6 Å². The molecule has 74 heavy (non-hydrogen) atoms. The van der Waals surface area contributed by atoms with Crippen LogP contribution in [-0.4, -0.2) is 12.1 Å². The van der Waals surface area contributed by atoms with Crippen molar-refractivity contribution >= 4 is 29.1 Å². The van der Waals surface area contributed by atoms with Crippen molar-refractivity contribution in [1.29, 1.82) is 0 Å². The van der Waals surface area contributed by atoms with Gasteiger partial charge in [0, 0.05) is 17.5 Å². The van der Waals surface area contributed by atoms with Gasteiger partial charge >= 0.3 is 0 Å². The van der Waals surface area contributed by atoms with Crippen LogP contribution >= 0.6 is 0 Å². The van der Waals surface area contributed by atoms with Crippen LogP contribution in [0.1, 0.15) is 45.1 Å². The van der Waals surface area contributed by atoms with Crippen LogP contribution in [0.5, 0.6) is 0 Å². The van der Waals surface area contributed by atoms with Crippen molar-refractivity contribution in [3.8, 4) is 55.6 Å². The van der Waals surface area contributed by atoms with Crippen LogP contribution in [0.2, 0.25) is 0 Å². The maximum Gasteiger partial charge on any atom is 0.156 e. The Labute approximate surface area is 432 Å². The Hall–Kier alpha value is -9.48. The maximum atomic E-state index is 6.76. The summed E-state index contributed by atoms with van der Waals surface area (Å²) in [5, 5.41) is 0. The van der Waals surface area contributed by atoms with Gasteiger partial charge in [-0.3, -0.25) is 0 Å². The fourth-order valence-electron chi connectivity index (χ4n) is 11.3. The van der Waals surface area contributed by atoms with E-state index in [-0.39, 0.29) is 0 Å². The highest BCUT2D eigenvalue weighted by atomic mass is 15.2. The lowest BCUT2D eigenvalue weighted by atomic mass is 9.64. The second-order valence-electron chi connectivity index (χ2n) is 19.1. The van der Waals surface area contributed by atoms with E-state index in [4.69, 9.17) is 15.7 Å². The van der Waals surface area contributed by atoms with E-state index >= 15 is 0 Å². The molecule has 1 unspecified atom stereocenters.